The van der Waals surface area contributed by atoms with E-state index in [4.69, 9.17) is 37.9 Å². The van der Waals surface area contributed by atoms with Crippen molar-refractivity contribution in [1.82, 2.24) is 4.90 Å². The van der Waals surface area contributed by atoms with Gasteiger partial charge in [-0.3, -0.25) is 14.4 Å². The van der Waals surface area contributed by atoms with Crippen LogP contribution in [0.1, 0.15) is 93.4 Å². The van der Waals surface area contributed by atoms with Crippen molar-refractivity contribution in [2.45, 2.75) is 179 Å². The minimum absolute atomic E-state index is 0.0416. The van der Waals surface area contributed by atoms with Crippen molar-refractivity contribution in [1.29, 1.82) is 0 Å². The minimum atomic E-state index is -1.49. The van der Waals surface area contributed by atoms with Crippen LogP contribution in [0.15, 0.2) is 24.3 Å². The number of cyclic esters (lactones) is 1. The fourth-order valence-corrected chi connectivity index (χ4v) is 7.96. The number of allylic oxidation sites excluding steroid dienone is 2. The number of esters is 3. The Hall–Kier alpha value is -2.80. The summed E-state index contributed by atoms with van der Waals surface area (Å²) in [5.41, 5.74) is -1.49. The first kappa shape index (κ1) is 48.6. The van der Waals surface area contributed by atoms with Crippen LogP contribution in [0.4, 0.5) is 0 Å². The first-order chi connectivity index (χ1) is 26.8. The van der Waals surface area contributed by atoms with E-state index in [1.807, 2.05) is 13.8 Å². The molecule has 0 aliphatic carbocycles. The molecule has 3 heterocycles. The van der Waals surface area contributed by atoms with Gasteiger partial charge in [0, 0.05) is 39.7 Å². The molecule has 0 aromatic rings. The molecule has 16 nitrogen and oxygen atoms in total. The molecule has 0 aromatic heterocycles. The second-order valence-corrected chi connectivity index (χ2v) is 16.1. The van der Waals surface area contributed by atoms with Crippen LogP contribution < -0.4 is 0 Å². The average molecular weight is 814 g/mol. The topological polar surface area (TPSA) is 206 Å². The summed E-state index contributed by atoms with van der Waals surface area (Å²) in [5.74, 6) is -2.88. The minimum Gasteiger partial charge on any atom is -0.462 e. The molecule has 3 aliphatic rings. The van der Waals surface area contributed by atoms with Gasteiger partial charge < -0.3 is 62.9 Å². The maximum Gasteiger partial charge on any atom is 0.309 e. The summed E-state index contributed by atoms with van der Waals surface area (Å²) in [7, 11) is 4.85. The van der Waals surface area contributed by atoms with Crippen molar-refractivity contribution in [3.63, 3.8) is 0 Å². The number of aliphatic hydroxyl groups excluding tert-OH is 2. The average Bonchev–Trinajstić information content (AvgIpc) is 3.10. The summed E-state index contributed by atoms with van der Waals surface area (Å²) in [6, 6.07) is -0.779. The standard InChI is InChI=1S/C41H67NO15/c1-11-15-31(46)55-39-26(5)52-33(22-41(39,7)49)56-36-25(4)53-40(35(48)34(36)42(8)9)57-37-28(18-19-43)20-23(2)29(45)17-14-12-13-16-24(3)51-32(47)21-30(38(37)50-10)54-27(6)44/h12-14,17,19,23-26,28-30,33-40,45,48-49H,11,15-16,18,20-22H2,1-10H3/b13-12-,17-14-/t23-,24-,25-,26+,28+,29+,30-,33+,34-,35-,36-,37+,38+,39+,40+,41-/m1/s1. The Labute approximate surface area is 337 Å². The molecular formula is C41H67NO15. The van der Waals surface area contributed by atoms with Gasteiger partial charge in [-0.15, -0.1) is 0 Å². The highest BCUT2D eigenvalue weighted by Gasteiger charge is 2.53. The number of aliphatic hydroxyl groups is 3. The number of hydrogen-bond donors (Lipinski definition) is 3. The van der Waals surface area contributed by atoms with E-state index < -0.39 is 121 Å². The van der Waals surface area contributed by atoms with Gasteiger partial charge >= 0.3 is 17.9 Å². The van der Waals surface area contributed by atoms with Gasteiger partial charge in [0.15, 0.2) is 18.7 Å². The number of nitrogens with zero attached hydrogens (tertiary/aromatic N) is 1. The molecule has 0 radical (unpaired) electrons. The molecule has 0 spiro atoms. The van der Waals surface area contributed by atoms with Crippen LogP contribution in [0.5, 0.6) is 0 Å². The lowest BCUT2D eigenvalue weighted by molar-refractivity contribution is -0.344. The smallest absolute Gasteiger partial charge is 0.309 e. The molecule has 57 heavy (non-hydrogen) atoms. The molecule has 326 valence electrons. The summed E-state index contributed by atoms with van der Waals surface area (Å²) in [6.45, 7) is 11.6. The predicted octanol–water partition coefficient (Wildman–Crippen LogP) is 2.77. The van der Waals surface area contributed by atoms with Gasteiger partial charge in [0.2, 0.25) is 0 Å². The highest BCUT2D eigenvalue weighted by atomic mass is 16.7. The first-order valence-corrected chi connectivity index (χ1v) is 20.1. The monoisotopic (exact) mass is 813 g/mol. The van der Waals surface area contributed by atoms with Crippen LogP contribution in [-0.4, -0.2) is 151 Å². The van der Waals surface area contributed by atoms with E-state index in [9.17, 15) is 34.5 Å². The highest BCUT2D eigenvalue weighted by Crippen LogP contribution is 2.37. The Morgan fingerprint density at radius 2 is 1.72 bits per heavy atom. The van der Waals surface area contributed by atoms with Crippen LogP contribution in [-0.2, 0) is 57.1 Å². The molecule has 2 fully saturated rings. The largest absolute Gasteiger partial charge is 0.462 e. The molecule has 0 unspecified atom stereocenters. The second kappa shape index (κ2) is 22.5. The SMILES string of the molecule is CCCC(=O)O[C@H]1[C@H](C)O[C@@H](O[C@H]2[C@H](N(C)C)[C@@H](O)[C@H](O[C@H]3[C@@H](CC=O)C[C@@H](C)[C@@H](O)/C=C\C=C/C[C@@H](C)OC(=O)C[C@@H](OC(C)=O)[C@@H]3OC)O[C@@H]2C)C[C@@]1(C)O. The first-order valence-electron chi connectivity index (χ1n) is 20.1. The van der Waals surface area contributed by atoms with Crippen molar-refractivity contribution in [2.75, 3.05) is 21.2 Å². The van der Waals surface area contributed by atoms with E-state index in [2.05, 4.69) is 0 Å². The summed E-state index contributed by atoms with van der Waals surface area (Å²) < 4.78 is 48.4. The normalized spacial score (nSPS) is 41.1. The molecule has 0 amide bonds. The van der Waals surface area contributed by atoms with Gasteiger partial charge in [-0.1, -0.05) is 38.2 Å². The lowest BCUT2D eigenvalue weighted by Crippen LogP contribution is -2.66. The highest BCUT2D eigenvalue weighted by molar-refractivity contribution is 5.72. The second-order valence-electron chi connectivity index (χ2n) is 16.1. The Kier molecular flexibility index (Phi) is 19.2. The van der Waals surface area contributed by atoms with Crippen molar-refractivity contribution in [2.24, 2.45) is 11.8 Å². The zero-order valence-electron chi connectivity index (χ0n) is 35.2. The van der Waals surface area contributed by atoms with Crippen LogP contribution in [0.25, 0.3) is 0 Å². The van der Waals surface area contributed by atoms with Gasteiger partial charge in [0.1, 0.15) is 42.4 Å². The van der Waals surface area contributed by atoms with Gasteiger partial charge in [0.25, 0.3) is 0 Å². The number of aldehydes is 1. The molecule has 2 saturated heterocycles. The van der Waals surface area contributed by atoms with E-state index in [-0.39, 0.29) is 25.7 Å². The fourth-order valence-electron chi connectivity index (χ4n) is 7.96. The van der Waals surface area contributed by atoms with Crippen molar-refractivity contribution >= 4 is 24.2 Å². The lowest BCUT2D eigenvalue weighted by Gasteiger charge is -2.50. The number of methoxy groups -OCH3 is 1. The number of rotatable bonds is 12. The van der Waals surface area contributed by atoms with Gasteiger partial charge in [-0.05, 0) is 66.5 Å². The summed E-state index contributed by atoms with van der Waals surface area (Å²) in [6.07, 6.45) is -3.45. The van der Waals surface area contributed by atoms with E-state index in [1.54, 1.807) is 71.0 Å². The third-order valence-corrected chi connectivity index (χ3v) is 10.8. The number of carbonyl (C=O) groups is 4. The Bertz CT molecular complexity index is 1350. The quantitative estimate of drug-likeness (QED) is 0.147. The Morgan fingerprint density at radius 1 is 1.02 bits per heavy atom. The molecule has 0 saturated carbocycles. The maximum atomic E-state index is 13.2. The lowest BCUT2D eigenvalue weighted by atomic mass is 9.82. The van der Waals surface area contributed by atoms with Crippen LogP contribution in [0.3, 0.4) is 0 Å². The Morgan fingerprint density at radius 3 is 2.32 bits per heavy atom. The van der Waals surface area contributed by atoms with Gasteiger partial charge in [0.05, 0.1) is 36.9 Å². The number of hydrogen-bond acceptors (Lipinski definition) is 16. The van der Waals surface area contributed by atoms with E-state index in [0.29, 0.717) is 19.1 Å². The van der Waals surface area contributed by atoms with Gasteiger partial charge in [-0.2, -0.15) is 0 Å². The molecule has 0 bridgehead atoms. The summed E-state index contributed by atoms with van der Waals surface area (Å²) in [5, 5.41) is 34.5. The van der Waals surface area contributed by atoms with E-state index in [0.717, 1.165) is 0 Å². The molecule has 0 aromatic carbocycles. The maximum absolute atomic E-state index is 13.2. The summed E-state index contributed by atoms with van der Waals surface area (Å²) in [4.78, 5) is 52.0. The molecule has 3 N–H and O–H groups in total. The fraction of sp³-hybridized carbons (Fsp3) is 0.805. The van der Waals surface area contributed by atoms with Crippen LogP contribution in [0.2, 0.25) is 0 Å². The number of ether oxygens (including phenoxy) is 8. The molecule has 3 rings (SSSR count). The molecule has 16 heteroatoms. The van der Waals surface area contributed by atoms with Gasteiger partial charge in [-0.25, -0.2) is 0 Å². The zero-order valence-corrected chi connectivity index (χ0v) is 35.2. The van der Waals surface area contributed by atoms with Crippen LogP contribution in [0, 0.1) is 11.8 Å². The van der Waals surface area contributed by atoms with Crippen molar-refractivity contribution in [3.05, 3.63) is 24.3 Å². The van der Waals surface area contributed by atoms with Crippen LogP contribution >= 0.6 is 0 Å². The third-order valence-electron chi connectivity index (χ3n) is 10.8. The molecule has 16 atom stereocenters. The third kappa shape index (κ3) is 13.9. The Balaban J connectivity index is 1.99. The predicted molar refractivity (Wildman–Crippen MR) is 205 cm³/mol. The number of likely N-dealkylation sites (N-methyl/N-ethyl adjacent to an activating group) is 1. The zero-order chi connectivity index (χ0) is 42.6. The summed E-state index contributed by atoms with van der Waals surface area (Å²) >= 11 is 0. The van der Waals surface area contributed by atoms with Crippen molar-refractivity contribution < 1.29 is 72.4 Å². The van der Waals surface area contributed by atoms with Crippen molar-refractivity contribution in [3.8, 4) is 0 Å². The van der Waals surface area contributed by atoms with E-state index in [1.165, 1.54) is 14.0 Å². The number of carbonyl (C=O) groups excluding carboxylic acids is 4. The molecule has 3 aliphatic heterocycles. The molecular weight excluding hydrogens is 746 g/mol. The van der Waals surface area contributed by atoms with E-state index >= 15 is 0 Å².